The Bertz CT molecular complexity index is 1150. The number of nitrogens with zero attached hydrogens (tertiary/aromatic N) is 3. The maximum atomic E-state index is 12.9. The first-order valence-electron chi connectivity index (χ1n) is 9.73. The number of ketones is 2. The van der Waals surface area contributed by atoms with Gasteiger partial charge in [0.25, 0.3) is 5.69 Å². The third-order valence-corrected chi connectivity index (χ3v) is 7.39. The quantitative estimate of drug-likeness (QED) is 0.389. The van der Waals surface area contributed by atoms with E-state index < -0.39 is 20.6 Å². The molecule has 0 spiro atoms. The Morgan fingerprint density at radius 1 is 1.13 bits per heavy atom. The van der Waals surface area contributed by atoms with Gasteiger partial charge in [0.05, 0.1) is 17.2 Å². The zero-order chi connectivity index (χ0) is 22.9. The maximum Gasteiger partial charge on any atom is 0.289 e. The molecule has 1 aromatic carbocycles. The van der Waals surface area contributed by atoms with Crippen LogP contribution in [0.1, 0.15) is 39.0 Å². The van der Waals surface area contributed by atoms with E-state index in [1.807, 2.05) is 4.90 Å². The molecule has 0 aliphatic carbocycles. The fraction of sp³-hybridized carbons (Fsp3) is 0.400. The molecular weight excluding hydrogens is 424 g/mol. The van der Waals surface area contributed by atoms with Gasteiger partial charge in [0.1, 0.15) is 0 Å². The average Bonchev–Trinajstić information content (AvgIpc) is 3.02. The first kappa shape index (κ1) is 22.8. The van der Waals surface area contributed by atoms with E-state index in [0.29, 0.717) is 35.6 Å². The molecule has 0 unspecified atom stereocenters. The van der Waals surface area contributed by atoms with Crippen LogP contribution in [0.4, 0.5) is 5.69 Å². The Labute approximate surface area is 180 Å². The van der Waals surface area contributed by atoms with Crippen molar-refractivity contribution in [2.45, 2.75) is 25.7 Å². The lowest BCUT2D eigenvalue weighted by Gasteiger charge is -2.33. The maximum absolute atomic E-state index is 12.9. The number of nitrogens with one attached hydrogen (secondary N) is 1. The number of carbonyl (C=O) groups is 2. The minimum absolute atomic E-state index is 0.0809. The lowest BCUT2D eigenvalue weighted by Crippen LogP contribution is -2.49. The van der Waals surface area contributed by atoms with Crippen molar-refractivity contribution in [2.75, 3.05) is 32.7 Å². The summed E-state index contributed by atoms with van der Waals surface area (Å²) in [6.07, 6.45) is 0. The summed E-state index contributed by atoms with van der Waals surface area (Å²) in [6, 6.07) is 5.26. The summed E-state index contributed by atoms with van der Waals surface area (Å²) in [6.45, 7) is 5.85. The number of nitro benzene ring substituents is 1. The van der Waals surface area contributed by atoms with Crippen molar-refractivity contribution < 1.29 is 22.9 Å². The summed E-state index contributed by atoms with van der Waals surface area (Å²) in [4.78, 5) is 39.5. The summed E-state index contributed by atoms with van der Waals surface area (Å²) < 4.78 is 27.0. The molecule has 1 fully saturated rings. The van der Waals surface area contributed by atoms with Crippen molar-refractivity contribution in [3.05, 3.63) is 56.9 Å². The number of nitro groups is 1. The number of benzene rings is 1. The molecule has 1 N–H and O–H groups in total. The van der Waals surface area contributed by atoms with E-state index >= 15 is 0 Å². The molecule has 2 aromatic rings. The van der Waals surface area contributed by atoms with Gasteiger partial charge in [-0.2, -0.15) is 4.31 Å². The van der Waals surface area contributed by atoms with Crippen LogP contribution in [-0.2, 0) is 10.0 Å². The van der Waals surface area contributed by atoms with Crippen LogP contribution in [0, 0.1) is 24.0 Å². The molecule has 10 nitrogen and oxygen atoms in total. The van der Waals surface area contributed by atoms with Crippen LogP contribution in [0.15, 0.2) is 29.2 Å². The van der Waals surface area contributed by atoms with Crippen molar-refractivity contribution in [3.8, 4) is 0 Å². The normalized spacial score (nSPS) is 15.7. The van der Waals surface area contributed by atoms with E-state index in [1.54, 1.807) is 13.8 Å². The number of carbonyl (C=O) groups excluding carboxylic acids is 2. The van der Waals surface area contributed by atoms with Crippen LogP contribution >= 0.6 is 0 Å². The van der Waals surface area contributed by atoms with Gasteiger partial charge in [0, 0.05) is 43.5 Å². The van der Waals surface area contributed by atoms with Crippen LogP contribution < -0.4 is 0 Å². The highest BCUT2D eigenvalue weighted by molar-refractivity contribution is 7.89. The zero-order valence-electron chi connectivity index (χ0n) is 17.5. The van der Waals surface area contributed by atoms with Gasteiger partial charge in [-0.1, -0.05) is 12.1 Å². The number of aromatic amines is 1. The van der Waals surface area contributed by atoms with Crippen molar-refractivity contribution in [1.29, 1.82) is 0 Å². The second-order valence-corrected chi connectivity index (χ2v) is 9.42. The molecule has 0 amide bonds. The number of Topliss-reactive ketones (excluding diaryl/α,β-unsaturated/α-hetero) is 2. The third kappa shape index (κ3) is 4.43. The lowest BCUT2D eigenvalue weighted by atomic mass is 10.1. The molecule has 0 atom stereocenters. The Morgan fingerprint density at radius 3 is 2.29 bits per heavy atom. The smallest absolute Gasteiger partial charge is 0.289 e. The van der Waals surface area contributed by atoms with Gasteiger partial charge in [0.2, 0.25) is 10.0 Å². The van der Waals surface area contributed by atoms with Gasteiger partial charge in [-0.3, -0.25) is 24.6 Å². The zero-order valence-corrected chi connectivity index (χ0v) is 18.4. The molecule has 0 saturated carbocycles. The lowest BCUT2D eigenvalue weighted by molar-refractivity contribution is -0.387. The van der Waals surface area contributed by atoms with Gasteiger partial charge in [-0.25, -0.2) is 8.42 Å². The SMILES string of the molecule is CC(=O)c1c(C)[nH]c(C(=O)CN2CCN(S(=O)(=O)c3ccccc3[N+](=O)[O-])CC2)c1C. The molecule has 1 aliphatic heterocycles. The van der Waals surface area contributed by atoms with Crippen molar-refractivity contribution in [1.82, 2.24) is 14.2 Å². The number of hydrogen-bond acceptors (Lipinski definition) is 7. The van der Waals surface area contributed by atoms with Gasteiger partial charge in [0.15, 0.2) is 16.5 Å². The van der Waals surface area contributed by atoms with Crippen LogP contribution in [0.3, 0.4) is 0 Å². The molecular formula is C20H24N4O6S. The summed E-state index contributed by atoms with van der Waals surface area (Å²) in [5.74, 6) is -0.290. The highest BCUT2D eigenvalue weighted by Crippen LogP contribution is 2.27. The Morgan fingerprint density at radius 2 is 1.74 bits per heavy atom. The minimum Gasteiger partial charge on any atom is -0.355 e. The summed E-state index contributed by atoms with van der Waals surface area (Å²) >= 11 is 0. The largest absolute Gasteiger partial charge is 0.355 e. The number of aromatic nitrogens is 1. The number of para-hydroxylation sites is 1. The molecule has 0 radical (unpaired) electrons. The van der Waals surface area contributed by atoms with E-state index in [-0.39, 0.29) is 36.1 Å². The van der Waals surface area contributed by atoms with E-state index in [2.05, 4.69) is 4.98 Å². The average molecular weight is 449 g/mol. The molecule has 3 rings (SSSR count). The first-order chi connectivity index (χ1) is 14.5. The highest BCUT2D eigenvalue weighted by Gasteiger charge is 2.34. The summed E-state index contributed by atoms with van der Waals surface area (Å²) in [7, 11) is -4.02. The van der Waals surface area contributed by atoms with Crippen molar-refractivity contribution in [2.24, 2.45) is 0 Å². The molecule has 11 heteroatoms. The fourth-order valence-corrected chi connectivity index (χ4v) is 5.51. The summed E-state index contributed by atoms with van der Waals surface area (Å²) in [5, 5.41) is 11.2. The molecule has 31 heavy (non-hydrogen) atoms. The topological polar surface area (TPSA) is 134 Å². The number of hydrogen-bond donors (Lipinski definition) is 1. The number of rotatable bonds is 7. The summed E-state index contributed by atoms with van der Waals surface area (Å²) in [5.41, 5.74) is 1.71. The Hall–Kier alpha value is -2.89. The van der Waals surface area contributed by atoms with Gasteiger partial charge < -0.3 is 4.98 Å². The predicted molar refractivity (Wildman–Crippen MR) is 113 cm³/mol. The number of sulfonamides is 1. The minimum atomic E-state index is -4.02. The van der Waals surface area contributed by atoms with Crippen molar-refractivity contribution in [3.63, 3.8) is 0 Å². The van der Waals surface area contributed by atoms with E-state index in [1.165, 1.54) is 29.4 Å². The van der Waals surface area contributed by atoms with Gasteiger partial charge >= 0.3 is 0 Å². The van der Waals surface area contributed by atoms with Crippen LogP contribution in [0.2, 0.25) is 0 Å². The Balaban J connectivity index is 1.69. The van der Waals surface area contributed by atoms with Gasteiger partial charge in [-0.05, 0) is 32.4 Å². The predicted octanol–water partition coefficient (Wildman–Crippen LogP) is 1.93. The molecule has 1 saturated heterocycles. The van der Waals surface area contributed by atoms with E-state index in [0.717, 1.165) is 6.07 Å². The van der Waals surface area contributed by atoms with Crippen LogP contribution in [-0.4, -0.2) is 71.8 Å². The van der Waals surface area contributed by atoms with E-state index in [9.17, 15) is 28.1 Å². The van der Waals surface area contributed by atoms with Crippen molar-refractivity contribution >= 4 is 27.3 Å². The second-order valence-electron chi connectivity index (χ2n) is 7.51. The molecule has 166 valence electrons. The van der Waals surface area contributed by atoms with Crippen LogP contribution in [0.5, 0.6) is 0 Å². The first-order valence-corrected chi connectivity index (χ1v) is 11.2. The van der Waals surface area contributed by atoms with E-state index in [4.69, 9.17) is 0 Å². The molecule has 1 aromatic heterocycles. The highest BCUT2D eigenvalue weighted by atomic mass is 32.2. The standard InChI is InChI=1S/C20H24N4O6S/c1-13-19(15(3)25)14(2)21-20(13)17(26)12-22-8-10-23(11-9-22)31(29,30)18-7-5-4-6-16(18)24(27)28/h4-7,21H,8-12H2,1-3H3. The molecule has 2 heterocycles. The number of H-pyrrole nitrogens is 1. The molecule has 1 aliphatic rings. The second kappa shape index (κ2) is 8.69. The molecule has 0 bridgehead atoms. The van der Waals surface area contributed by atoms with Gasteiger partial charge in [-0.15, -0.1) is 0 Å². The fourth-order valence-electron chi connectivity index (χ4n) is 3.93. The Kier molecular flexibility index (Phi) is 6.39. The number of aryl methyl sites for hydroxylation is 1. The number of piperazine rings is 1. The third-order valence-electron chi connectivity index (χ3n) is 5.45. The monoisotopic (exact) mass is 448 g/mol. The van der Waals surface area contributed by atoms with Crippen LogP contribution in [0.25, 0.3) is 0 Å².